The Morgan fingerprint density at radius 3 is 2.32 bits per heavy atom. The summed E-state index contributed by atoms with van der Waals surface area (Å²) in [5, 5.41) is 26.4. The molecular formula is C9H15N3O10. The molecule has 0 aliphatic carbocycles. The average molecular weight is 325 g/mol. The maximum absolute atomic E-state index is 11.3. The van der Waals surface area contributed by atoms with Gasteiger partial charge >= 0.3 is 11.9 Å². The predicted molar refractivity (Wildman–Crippen MR) is 65.2 cm³/mol. The molecule has 0 rings (SSSR count). The van der Waals surface area contributed by atoms with E-state index in [2.05, 4.69) is 14.4 Å². The first kappa shape index (κ1) is 19.3. The van der Waals surface area contributed by atoms with Crippen LogP contribution in [0.3, 0.4) is 0 Å². The highest BCUT2D eigenvalue weighted by Gasteiger charge is 2.18. The van der Waals surface area contributed by atoms with E-state index in [0.717, 1.165) is 0 Å². The van der Waals surface area contributed by atoms with Gasteiger partial charge in [0, 0.05) is 12.8 Å². The number of carboxylic acid groups (broad SMARTS) is 1. The average Bonchev–Trinajstić information content (AvgIpc) is 2.41. The summed E-state index contributed by atoms with van der Waals surface area (Å²) in [7, 11) is 0. The second-order valence-corrected chi connectivity index (χ2v) is 3.96. The third kappa shape index (κ3) is 10.1. The fourth-order valence-electron chi connectivity index (χ4n) is 1.21. The quantitative estimate of drug-likeness (QED) is 0.251. The minimum absolute atomic E-state index is 0.132. The lowest BCUT2D eigenvalue weighted by Gasteiger charge is -2.13. The molecular weight excluding hydrogens is 310 g/mol. The van der Waals surface area contributed by atoms with Crippen LogP contribution < -0.4 is 5.73 Å². The normalized spacial score (nSPS) is 12.8. The molecule has 0 saturated carbocycles. The van der Waals surface area contributed by atoms with Gasteiger partial charge in [-0.05, 0) is 6.42 Å². The van der Waals surface area contributed by atoms with E-state index in [0.29, 0.717) is 0 Å². The second-order valence-electron chi connectivity index (χ2n) is 3.96. The maximum atomic E-state index is 11.3. The van der Waals surface area contributed by atoms with Gasteiger partial charge in [-0.25, -0.2) is 0 Å². The second kappa shape index (κ2) is 10.1. The van der Waals surface area contributed by atoms with Gasteiger partial charge in [0.1, 0.15) is 18.8 Å². The zero-order valence-corrected chi connectivity index (χ0v) is 11.3. The number of carboxylic acids is 1. The summed E-state index contributed by atoms with van der Waals surface area (Å²) in [6.07, 6.45) is -1.88. The summed E-state index contributed by atoms with van der Waals surface area (Å²) in [4.78, 5) is 49.9. The fraction of sp³-hybridized carbons (Fsp3) is 0.778. The van der Waals surface area contributed by atoms with Crippen molar-refractivity contribution < 1.29 is 39.3 Å². The zero-order chi connectivity index (χ0) is 17.1. The highest BCUT2D eigenvalue weighted by atomic mass is 17.0. The van der Waals surface area contributed by atoms with E-state index in [-0.39, 0.29) is 25.9 Å². The molecule has 0 fully saturated rings. The molecule has 13 nitrogen and oxygen atoms in total. The Morgan fingerprint density at radius 1 is 1.18 bits per heavy atom. The molecule has 0 amide bonds. The third-order valence-corrected chi connectivity index (χ3v) is 2.28. The van der Waals surface area contributed by atoms with Crippen molar-refractivity contribution in [3.05, 3.63) is 20.2 Å². The van der Waals surface area contributed by atoms with Crippen LogP contribution >= 0.6 is 0 Å². The molecule has 0 spiro atoms. The number of aliphatic carboxylic acids is 1. The third-order valence-electron chi connectivity index (χ3n) is 2.28. The van der Waals surface area contributed by atoms with Gasteiger partial charge in [0.25, 0.3) is 10.2 Å². The van der Waals surface area contributed by atoms with Gasteiger partial charge in [0.2, 0.25) is 0 Å². The van der Waals surface area contributed by atoms with Crippen molar-refractivity contribution in [2.75, 3.05) is 13.2 Å². The molecule has 0 unspecified atom stereocenters. The lowest BCUT2D eigenvalue weighted by molar-refractivity contribution is -0.790. The largest absolute Gasteiger partial charge is 0.480 e. The molecule has 2 atom stereocenters. The van der Waals surface area contributed by atoms with E-state index in [1.54, 1.807) is 0 Å². The van der Waals surface area contributed by atoms with E-state index >= 15 is 0 Å². The van der Waals surface area contributed by atoms with Crippen LogP contribution in [0, 0.1) is 20.2 Å². The maximum Gasteiger partial charge on any atom is 0.320 e. The smallest absolute Gasteiger partial charge is 0.320 e. The molecule has 0 radical (unpaired) electrons. The Kier molecular flexibility index (Phi) is 8.85. The molecule has 0 bridgehead atoms. The minimum Gasteiger partial charge on any atom is -0.480 e. The molecule has 0 aliphatic heterocycles. The first-order chi connectivity index (χ1) is 10.2. The molecule has 3 N–H and O–H groups in total. The summed E-state index contributed by atoms with van der Waals surface area (Å²) >= 11 is 0. The van der Waals surface area contributed by atoms with Crippen LogP contribution in [0.25, 0.3) is 0 Å². The van der Waals surface area contributed by atoms with E-state index in [1.165, 1.54) is 0 Å². The van der Waals surface area contributed by atoms with Crippen LogP contribution in [0.15, 0.2) is 0 Å². The number of carbonyl (C=O) groups excluding carboxylic acids is 1. The molecule has 126 valence electrons. The van der Waals surface area contributed by atoms with Gasteiger partial charge in [0.05, 0.1) is 6.61 Å². The Balaban J connectivity index is 4.04. The molecule has 0 heterocycles. The van der Waals surface area contributed by atoms with Crippen molar-refractivity contribution in [1.29, 1.82) is 0 Å². The molecule has 0 aromatic heterocycles. The predicted octanol–water partition coefficient (Wildman–Crippen LogP) is -1.10. The van der Waals surface area contributed by atoms with E-state index in [9.17, 15) is 29.8 Å². The van der Waals surface area contributed by atoms with Crippen LogP contribution in [-0.2, 0) is 24.0 Å². The summed E-state index contributed by atoms with van der Waals surface area (Å²) in [5.41, 5.74) is 5.18. The first-order valence-corrected chi connectivity index (χ1v) is 5.94. The SMILES string of the molecule is N[C@@H](CCC(=O)OCC[C@@H](CO[N+](=O)[O-])O[N+](=O)[O-])C(=O)O. The van der Waals surface area contributed by atoms with Crippen LogP contribution in [-0.4, -0.2) is 52.6 Å². The fourth-order valence-corrected chi connectivity index (χ4v) is 1.21. The summed E-state index contributed by atoms with van der Waals surface area (Å²) in [6.45, 7) is -1.02. The van der Waals surface area contributed by atoms with Crippen LogP contribution in [0.4, 0.5) is 0 Å². The van der Waals surface area contributed by atoms with E-state index < -0.39 is 40.9 Å². The number of hydrogen-bond acceptors (Lipinski definition) is 10. The van der Waals surface area contributed by atoms with Crippen molar-refractivity contribution >= 4 is 11.9 Å². The van der Waals surface area contributed by atoms with Crippen molar-refractivity contribution in [3.8, 4) is 0 Å². The highest BCUT2D eigenvalue weighted by molar-refractivity contribution is 5.75. The first-order valence-electron chi connectivity index (χ1n) is 5.94. The van der Waals surface area contributed by atoms with E-state index in [4.69, 9.17) is 10.8 Å². The summed E-state index contributed by atoms with van der Waals surface area (Å²) in [5.74, 6) is -2.02. The highest BCUT2D eigenvalue weighted by Crippen LogP contribution is 2.03. The van der Waals surface area contributed by atoms with Gasteiger partial charge in [0.15, 0.2) is 0 Å². The van der Waals surface area contributed by atoms with Crippen LogP contribution in [0.1, 0.15) is 19.3 Å². The number of nitrogens with zero attached hydrogens (tertiary/aromatic N) is 2. The zero-order valence-electron chi connectivity index (χ0n) is 11.3. The van der Waals surface area contributed by atoms with Crippen molar-refractivity contribution in [2.24, 2.45) is 5.73 Å². The van der Waals surface area contributed by atoms with Gasteiger partial charge in [-0.2, -0.15) is 0 Å². The Hall–Kier alpha value is -2.70. The monoisotopic (exact) mass is 325 g/mol. The number of esters is 1. The topological polar surface area (TPSA) is 194 Å². The van der Waals surface area contributed by atoms with Crippen LogP contribution in [0.5, 0.6) is 0 Å². The molecule has 0 aromatic rings. The number of ether oxygens (including phenoxy) is 1. The number of hydrogen-bond donors (Lipinski definition) is 2. The lowest BCUT2D eigenvalue weighted by Crippen LogP contribution is -2.31. The van der Waals surface area contributed by atoms with Crippen molar-refractivity contribution in [1.82, 2.24) is 0 Å². The van der Waals surface area contributed by atoms with Gasteiger partial charge in [-0.15, -0.1) is 20.2 Å². The Labute approximate surface area is 123 Å². The number of rotatable bonds is 12. The summed E-state index contributed by atoms with van der Waals surface area (Å²) in [6, 6.07) is -1.20. The molecule has 0 aliphatic rings. The Bertz CT molecular complexity index is 414. The lowest BCUT2D eigenvalue weighted by atomic mass is 10.2. The van der Waals surface area contributed by atoms with Crippen LogP contribution in [0.2, 0.25) is 0 Å². The van der Waals surface area contributed by atoms with Gasteiger partial charge in [-0.1, -0.05) is 0 Å². The van der Waals surface area contributed by atoms with Crippen molar-refractivity contribution in [2.45, 2.75) is 31.4 Å². The molecule has 0 aromatic carbocycles. The Morgan fingerprint density at radius 2 is 1.82 bits per heavy atom. The standard InChI is InChI=1S/C9H15N3O10/c10-7(9(14)15)1-2-8(13)20-4-3-6(22-12(18)19)5-21-11(16)17/h6-7H,1-5,10H2,(H,14,15)/t6-,7-/m0/s1. The molecule has 13 heteroatoms. The molecule has 22 heavy (non-hydrogen) atoms. The van der Waals surface area contributed by atoms with Crippen molar-refractivity contribution in [3.63, 3.8) is 0 Å². The van der Waals surface area contributed by atoms with Gasteiger partial charge < -0.3 is 25.3 Å². The van der Waals surface area contributed by atoms with Gasteiger partial charge in [-0.3, -0.25) is 9.59 Å². The number of nitrogens with two attached hydrogens (primary N) is 1. The van der Waals surface area contributed by atoms with E-state index in [1.807, 2.05) is 0 Å². The molecule has 0 saturated heterocycles. The number of carbonyl (C=O) groups is 2. The minimum atomic E-state index is -1.28. The summed E-state index contributed by atoms with van der Waals surface area (Å²) < 4.78 is 4.68.